The summed E-state index contributed by atoms with van der Waals surface area (Å²) >= 11 is 0. The predicted molar refractivity (Wildman–Crippen MR) is 130 cm³/mol. The summed E-state index contributed by atoms with van der Waals surface area (Å²) in [5.74, 6) is 0.920. The van der Waals surface area contributed by atoms with Gasteiger partial charge in [-0.15, -0.1) is 0 Å². The van der Waals surface area contributed by atoms with Crippen molar-refractivity contribution in [2.24, 2.45) is 0 Å². The zero-order chi connectivity index (χ0) is 22.5. The van der Waals surface area contributed by atoms with Gasteiger partial charge in [0.05, 0.1) is 19.8 Å². The Labute approximate surface area is 188 Å². The molecule has 0 aliphatic carbocycles. The predicted octanol–water partition coefficient (Wildman–Crippen LogP) is 6.31. The Bertz CT molecular complexity index is 1230. The molecule has 0 unspecified atom stereocenters. The Hall–Kier alpha value is -3.08. The Morgan fingerprint density at radius 3 is 1.94 bits per heavy atom. The minimum absolute atomic E-state index is 0.0234. The topological polar surface area (TPSA) is 69.9 Å². The quantitative estimate of drug-likeness (QED) is 0.272. The first-order chi connectivity index (χ1) is 15.7. The number of rotatable bonds is 9. The second-order valence-corrected chi connectivity index (χ2v) is 8.23. The molecule has 32 heavy (non-hydrogen) atoms. The molecule has 0 aliphatic rings. The lowest BCUT2D eigenvalue weighted by Crippen LogP contribution is -2.00. The number of hydrogen-bond acceptors (Lipinski definition) is 4. The van der Waals surface area contributed by atoms with Crippen LogP contribution in [0.3, 0.4) is 0 Å². The van der Waals surface area contributed by atoms with E-state index in [1.165, 1.54) is 12.8 Å². The van der Waals surface area contributed by atoms with Crippen molar-refractivity contribution in [3.63, 3.8) is 0 Å². The average molecular weight is 431 g/mol. The van der Waals surface area contributed by atoms with Gasteiger partial charge in [0.25, 0.3) is 0 Å². The highest BCUT2D eigenvalue weighted by Gasteiger charge is 2.18. The molecule has 4 rings (SSSR count). The van der Waals surface area contributed by atoms with Crippen LogP contribution in [0, 0.1) is 0 Å². The lowest BCUT2D eigenvalue weighted by molar-refractivity contribution is 0.282. The molecule has 0 spiro atoms. The molecular formula is C28H30O4. The first kappa shape index (κ1) is 22.1. The van der Waals surface area contributed by atoms with Crippen molar-refractivity contribution in [1.82, 2.24) is 0 Å². The summed E-state index contributed by atoms with van der Waals surface area (Å²) in [6.07, 6.45) is 4.47. The monoisotopic (exact) mass is 430 g/mol. The summed E-state index contributed by atoms with van der Waals surface area (Å²) in [4.78, 5) is 0. The Balaban J connectivity index is 1.90. The Kier molecular flexibility index (Phi) is 6.93. The standard InChI is InChI=1S/C28H30O4/c1-2-3-4-5-14-32-26-13-9-22-16-20(18-30)7-11-24(22)28(26)27-23-10-6-19(17-29)15-21(23)8-12-25(27)31/h6-13,15-16,29-31H,2-5,14,17-18H2,1H3. The summed E-state index contributed by atoms with van der Waals surface area (Å²) in [6.45, 7) is 2.75. The van der Waals surface area contributed by atoms with Gasteiger partial charge in [-0.25, -0.2) is 0 Å². The molecule has 0 aliphatic heterocycles. The van der Waals surface area contributed by atoms with Crippen LogP contribution in [0.15, 0.2) is 60.7 Å². The van der Waals surface area contributed by atoms with Crippen LogP contribution in [0.4, 0.5) is 0 Å². The molecule has 0 atom stereocenters. The third-order valence-corrected chi connectivity index (χ3v) is 5.98. The van der Waals surface area contributed by atoms with Crippen LogP contribution >= 0.6 is 0 Å². The molecule has 4 aromatic carbocycles. The number of benzene rings is 4. The van der Waals surface area contributed by atoms with Gasteiger partial charge in [0.2, 0.25) is 0 Å². The lowest BCUT2D eigenvalue weighted by Gasteiger charge is -2.18. The molecule has 4 heteroatoms. The summed E-state index contributed by atoms with van der Waals surface area (Å²) in [6, 6.07) is 19.2. The van der Waals surface area contributed by atoms with E-state index in [2.05, 4.69) is 6.92 Å². The van der Waals surface area contributed by atoms with E-state index in [-0.39, 0.29) is 19.0 Å². The van der Waals surface area contributed by atoms with E-state index < -0.39 is 0 Å². The van der Waals surface area contributed by atoms with Gasteiger partial charge >= 0.3 is 0 Å². The van der Waals surface area contributed by atoms with Gasteiger partial charge < -0.3 is 20.1 Å². The molecule has 3 N–H and O–H groups in total. The molecule has 0 radical (unpaired) electrons. The van der Waals surface area contributed by atoms with Crippen LogP contribution in [0.25, 0.3) is 32.7 Å². The second-order valence-electron chi connectivity index (χ2n) is 8.23. The van der Waals surface area contributed by atoms with E-state index in [1.807, 2.05) is 54.6 Å². The van der Waals surface area contributed by atoms with Crippen molar-refractivity contribution in [2.45, 2.75) is 45.8 Å². The fourth-order valence-corrected chi connectivity index (χ4v) is 4.28. The summed E-state index contributed by atoms with van der Waals surface area (Å²) in [5.41, 5.74) is 3.23. The van der Waals surface area contributed by atoms with Gasteiger partial charge in [0.15, 0.2) is 0 Å². The van der Waals surface area contributed by atoms with Crippen LogP contribution in [-0.2, 0) is 13.2 Å². The summed E-state index contributed by atoms with van der Waals surface area (Å²) in [7, 11) is 0. The molecule has 0 saturated carbocycles. The molecule has 0 fully saturated rings. The molecule has 4 aromatic rings. The number of phenolic OH excluding ortho intramolecular Hbond substituents is 1. The number of aromatic hydroxyl groups is 1. The van der Waals surface area contributed by atoms with Crippen molar-refractivity contribution in [3.8, 4) is 22.6 Å². The number of fused-ring (bicyclic) bond motifs is 2. The van der Waals surface area contributed by atoms with Crippen molar-refractivity contribution >= 4 is 21.5 Å². The van der Waals surface area contributed by atoms with Gasteiger partial charge in [-0.3, -0.25) is 0 Å². The Morgan fingerprint density at radius 1 is 0.688 bits per heavy atom. The highest BCUT2D eigenvalue weighted by atomic mass is 16.5. The number of phenols is 1. The normalized spacial score (nSPS) is 11.3. The molecule has 4 nitrogen and oxygen atoms in total. The number of hydrogen-bond donors (Lipinski definition) is 3. The third kappa shape index (κ3) is 4.43. The maximum Gasteiger partial charge on any atom is 0.127 e. The molecule has 166 valence electrons. The second kappa shape index (κ2) is 10.0. The highest BCUT2D eigenvalue weighted by Crippen LogP contribution is 2.45. The van der Waals surface area contributed by atoms with E-state index in [0.717, 1.165) is 62.4 Å². The van der Waals surface area contributed by atoms with E-state index in [1.54, 1.807) is 6.07 Å². The first-order valence-corrected chi connectivity index (χ1v) is 11.3. The number of aliphatic hydroxyl groups excluding tert-OH is 2. The van der Waals surface area contributed by atoms with Gasteiger partial charge in [0.1, 0.15) is 11.5 Å². The fourth-order valence-electron chi connectivity index (χ4n) is 4.28. The summed E-state index contributed by atoms with van der Waals surface area (Å²) in [5, 5.41) is 33.9. The van der Waals surface area contributed by atoms with E-state index in [4.69, 9.17) is 4.74 Å². The number of unbranched alkanes of at least 4 members (excludes halogenated alkanes) is 3. The minimum Gasteiger partial charge on any atom is -0.507 e. The van der Waals surface area contributed by atoms with Crippen LogP contribution in [0.2, 0.25) is 0 Å². The number of aliphatic hydroxyl groups is 2. The van der Waals surface area contributed by atoms with Crippen molar-refractivity contribution in [2.75, 3.05) is 6.61 Å². The maximum absolute atomic E-state index is 11.0. The fraction of sp³-hybridized carbons (Fsp3) is 0.286. The van der Waals surface area contributed by atoms with Crippen LogP contribution < -0.4 is 4.74 Å². The van der Waals surface area contributed by atoms with E-state index in [9.17, 15) is 15.3 Å². The van der Waals surface area contributed by atoms with E-state index >= 15 is 0 Å². The van der Waals surface area contributed by atoms with Crippen LogP contribution in [-0.4, -0.2) is 21.9 Å². The van der Waals surface area contributed by atoms with Crippen molar-refractivity contribution < 1.29 is 20.1 Å². The third-order valence-electron chi connectivity index (χ3n) is 5.98. The summed E-state index contributed by atoms with van der Waals surface area (Å²) < 4.78 is 6.25. The van der Waals surface area contributed by atoms with Gasteiger partial charge in [-0.2, -0.15) is 0 Å². The SMILES string of the molecule is CCCCCCOc1ccc2cc(CO)ccc2c1-c1c(O)ccc2cc(CO)ccc12. The van der Waals surface area contributed by atoms with Gasteiger partial charge in [0, 0.05) is 11.1 Å². The zero-order valence-corrected chi connectivity index (χ0v) is 18.5. The molecule has 0 saturated heterocycles. The molecule has 0 aromatic heterocycles. The van der Waals surface area contributed by atoms with Crippen molar-refractivity contribution in [1.29, 1.82) is 0 Å². The van der Waals surface area contributed by atoms with Gasteiger partial charge in [-0.05, 0) is 63.4 Å². The Morgan fingerprint density at radius 2 is 1.31 bits per heavy atom. The molecule has 0 heterocycles. The maximum atomic E-state index is 11.0. The zero-order valence-electron chi connectivity index (χ0n) is 18.5. The molecule has 0 amide bonds. The van der Waals surface area contributed by atoms with Crippen molar-refractivity contribution in [3.05, 3.63) is 71.8 Å². The molecule has 0 bridgehead atoms. The minimum atomic E-state index is -0.0313. The van der Waals surface area contributed by atoms with Gasteiger partial charge in [-0.1, -0.05) is 62.6 Å². The smallest absolute Gasteiger partial charge is 0.127 e. The average Bonchev–Trinajstić information content (AvgIpc) is 2.83. The molecular weight excluding hydrogens is 400 g/mol. The largest absolute Gasteiger partial charge is 0.507 e. The van der Waals surface area contributed by atoms with Crippen LogP contribution in [0.5, 0.6) is 11.5 Å². The van der Waals surface area contributed by atoms with Crippen LogP contribution in [0.1, 0.15) is 43.7 Å². The van der Waals surface area contributed by atoms with E-state index in [0.29, 0.717) is 6.61 Å². The lowest BCUT2D eigenvalue weighted by atomic mass is 9.91. The first-order valence-electron chi connectivity index (χ1n) is 11.3. The highest BCUT2D eigenvalue weighted by molar-refractivity contribution is 6.09. The number of ether oxygens (including phenoxy) is 1.